The van der Waals surface area contributed by atoms with Crippen LogP contribution in [0.2, 0.25) is 0 Å². The number of carbonyl (C=O) groups is 4. The van der Waals surface area contributed by atoms with Crippen molar-refractivity contribution in [3.63, 3.8) is 0 Å². The van der Waals surface area contributed by atoms with E-state index in [0.717, 1.165) is 241 Å². The lowest BCUT2D eigenvalue weighted by Gasteiger charge is -2.39. The van der Waals surface area contributed by atoms with Gasteiger partial charge in [0.15, 0.2) is 45.9 Å². The molecule has 0 radical (unpaired) electrons. The summed E-state index contributed by atoms with van der Waals surface area (Å²) in [5, 5.41) is 29.3. The molecule has 624 valence electrons. The number of carbonyl (C=O) groups excluding carboxylic acids is 4. The zero-order valence-electron chi connectivity index (χ0n) is 67.5. The summed E-state index contributed by atoms with van der Waals surface area (Å²) in [6.45, 7) is 17.2. The number of aromatic nitrogens is 16. The topological polar surface area (TPSA) is 443 Å². The molecule has 13 aromatic rings. The van der Waals surface area contributed by atoms with Gasteiger partial charge in [-0.15, -0.1) is 20.4 Å². The van der Waals surface area contributed by atoms with Crippen LogP contribution in [0.15, 0.2) is 123 Å². The number of rotatable bonds is 15. The molecule has 1 aromatic carbocycles. The summed E-state index contributed by atoms with van der Waals surface area (Å²) in [7, 11) is 0. The third-order valence-electron chi connectivity index (χ3n) is 24.7. The SMILES string of the molecule is Cc1ccncc1NC(=O)c1c(N)nn2cc3c(nc12)CCN(C1COC1)C3.Cc1cncc(NC(=O)c2c(N)nn3cc4c(nc23)CCN(C2COC2)C4)c1C1CC1.Nc1nn2cc3c(nc2c1C(=O)Nc1cnccc1-c1ccccc1)CCN(C1COC1)C3.Nc1nn2cc3c(nc2c1C(=O)Nc1cnccc1C1CC1)CCN(C1COC1)C3. The maximum atomic E-state index is 13.3. The zero-order valence-corrected chi connectivity index (χ0v) is 67.5. The Bertz CT molecular complexity index is 6260. The molecule has 10 aliphatic rings. The lowest BCUT2D eigenvalue weighted by Crippen LogP contribution is -2.50. The second-order valence-corrected chi connectivity index (χ2v) is 32.8. The smallest absolute Gasteiger partial charge is 0.263 e. The van der Waals surface area contributed by atoms with Crippen LogP contribution in [0.5, 0.6) is 0 Å². The van der Waals surface area contributed by atoms with E-state index in [-0.39, 0.29) is 52.5 Å². The van der Waals surface area contributed by atoms with Gasteiger partial charge < -0.3 is 63.1 Å². The third kappa shape index (κ3) is 15.4. The van der Waals surface area contributed by atoms with Crippen molar-refractivity contribution in [1.29, 1.82) is 0 Å². The predicted octanol–water partition coefficient (Wildman–Crippen LogP) is 6.90. The summed E-state index contributed by atoms with van der Waals surface area (Å²) in [5.41, 5.74) is 45.1. The van der Waals surface area contributed by atoms with E-state index < -0.39 is 0 Å². The fourth-order valence-corrected chi connectivity index (χ4v) is 17.2. The fraction of sp³-hybridized carbons (Fsp3) is 0.372. The molecule has 4 amide bonds. The van der Waals surface area contributed by atoms with Gasteiger partial charge in [-0.25, -0.2) is 38.0 Å². The number of nitrogen functional groups attached to an aromatic ring is 4. The summed E-state index contributed by atoms with van der Waals surface area (Å²) < 4.78 is 27.8. The van der Waals surface area contributed by atoms with Crippen LogP contribution in [-0.4, -0.2) is 225 Å². The number of nitrogens with zero attached hydrogens (tertiary/aromatic N) is 20. The molecule has 8 aliphatic heterocycles. The van der Waals surface area contributed by atoms with Crippen molar-refractivity contribution in [2.45, 2.75) is 127 Å². The summed E-state index contributed by atoms with van der Waals surface area (Å²) in [6, 6.07) is 17.4. The third-order valence-corrected chi connectivity index (χ3v) is 24.7. The monoisotopic (exact) mass is 1640 g/mol. The maximum Gasteiger partial charge on any atom is 0.263 e. The summed E-state index contributed by atoms with van der Waals surface area (Å²) in [5.74, 6) is 0.396. The van der Waals surface area contributed by atoms with Gasteiger partial charge in [0.1, 0.15) is 22.3 Å². The number of aryl methyl sites for hydroxylation is 2. The number of benzene rings is 1. The lowest BCUT2D eigenvalue weighted by atomic mass is 10.0. The van der Waals surface area contributed by atoms with Gasteiger partial charge >= 0.3 is 0 Å². The van der Waals surface area contributed by atoms with Crippen molar-refractivity contribution in [2.24, 2.45) is 0 Å². The van der Waals surface area contributed by atoms with E-state index >= 15 is 0 Å². The van der Waals surface area contributed by atoms with E-state index in [1.807, 2.05) is 93.4 Å². The Kier molecular flexibility index (Phi) is 20.7. The van der Waals surface area contributed by atoms with E-state index in [9.17, 15) is 19.2 Å². The molecule has 2 aliphatic carbocycles. The Morgan fingerprint density at radius 1 is 0.377 bits per heavy atom. The minimum Gasteiger partial charge on any atom is -0.381 e. The number of nitrogens with one attached hydrogen (secondary N) is 4. The van der Waals surface area contributed by atoms with E-state index in [0.29, 0.717) is 86.7 Å². The van der Waals surface area contributed by atoms with E-state index in [2.05, 4.69) is 81.2 Å². The normalized spacial score (nSPS) is 18.1. The van der Waals surface area contributed by atoms with Crippen LogP contribution in [-0.2, 0) is 70.8 Å². The van der Waals surface area contributed by atoms with Gasteiger partial charge in [-0.2, -0.15) is 0 Å². The molecule has 23 rings (SSSR count). The Hall–Kier alpha value is -12.9. The van der Waals surface area contributed by atoms with Crippen molar-refractivity contribution in [1.82, 2.24) is 97.9 Å². The molecular weight excluding hydrogens is 1550 g/mol. The molecule has 0 spiro atoms. The molecule has 12 aromatic heterocycles. The molecule has 6 fully saturated rings. The van der Waals surface area contributed by atoms with Crippen molar-refractivity contribution < 1.29 is 38.1 Å². The largest absolute Gasteiger partial charge is 0.381 e. The van der Waals surface area contributed by atoms with E-state index in [1.54, 1.807) is 61.4 Å². The highest BCUT2D eigenvalue weighted by Crippen LogP contribution is 2.46. The average Bonchev–Trinajstić information content (AvgIpc) is 1.61. The highest BCUT2D eigenvalue weighted by molar-refractivity contribution is 6.14. The van der Waals surface area contributed by atoms with Crippen LogP contribution < -0.4 is 44.2 Å². The first kappa shape index (κ1) is 77.7. The summed E-state index contributed by atoms with van der Waals surface area (Å²) >= 11 is 0. The van der Waals surface area contributed by atoms with Gasteiger partial charge in [0, 0.05) is 155 Å². The molecule has 36 heteroatoms. The number of hydrogen-bond donors (Lipinski definition) is 8. The Morgan fingerprint density at radius 3 is 1.10 bits per heavy atom. The highest BCUT2D eigenvalue weighted by atomic mass is 16.5. The molecule has 0 atom stereocenters. The molecule has 12 N–H and O–H groups in total. The van der Waals surface area contributed by atoms with Crippen molar-refractivity contribution in [3.05, 3.63) is 212 Å². The molecule has 0 unspecified atom stereocenters. The first-order valence-corrected chi connectivity index (χ1v) is 41.5. The number of hydrogen-bond acceptors (Lipinski definition) is 28. The number of anilines is 8. The molecule has 122 heavy (non-hydrogen) atoms. The van der Waals surface area contributed by atoms with Crippen LogP contribution in [0, 0.1) is 13.8 Å². The number of fused-ring (bicyclic) bond motifs is 8. The number of amides is 4. The highest BCUT2D eigenvalue weighted by Gasteiger charge is 2.38. The number of ether oxygens (including phenoxy) is 4. The quantitative estimate of drug-likeness (QED) is 0.0517. The average molecular weight is 1650 g/mol. The van der Waals surface area contributed by atoms with Gasteiger partial charge in [-0.05, 0) is 97.4 Å². The van der Waals surface area contributed by atoms with Crippen LogP contribution in [0.4, 0.5) is 46.0 Å². The predicted molar refractivity (Wildman–Crippen MR) is 452 cm³/mol. The Labute approximate surface area is 699 Å². The van der Waals surface area contributed by atoms with Crippen LogP contribution >= 0.6 is 0 Å². The zero-order chi connectivity index (χ0) is 83.0. The molecule has 2 saturated carbocycles. The van der Waals surface area contributed by atoms with Crippen molar-refractivity contribution in [2.75, 3.05) is 123 Å². The minimum absolute atomic E-state index is 0.150. The fourth-order valence-electron chi connectivity index (χ4n) is 17.2. The minimum atomic E-state index is -0.357. The first-order chi connectivity index (χ1) is 59.5. The van der Waals surface area contributed by atoms with E-state index in [4.69, 9.17) is 61.8 Å². The van der Waals surface area contributed by atoms with Crippen LogP contribution in [0.3, 0.4) is 0 Å². The lowest BCUT2D eigenvalue weighted by molar-refractivity contribution is -0.0697. The first-order valence-electron chi connectivity index (χ1n) is 41.5. The summed E-state index contributed by atoms with van der Waals surface area (Å²) in [4.78, 5) is 98.1. The van der Waals surface area contributed by atoms with Crippen molar-refractivity contribution >= 4 is 92.2 Å². The van der Waals surface area contributed by atoms with Gasteiger partial charge in [0.2, 0.25) is 0 Å². The standard InChI is InChI=1S/C24H23N7O2.C22H25N7O2.C21H23N7O2.C19H21N7O2/c25-22-21(24(32)28-20-10-26-8-6-18(20)15-4-2-1-3-5-15)23-27-19-7-9-30(17-13-33-14-17)11-16(19)12-31(23)29-22;1-12-6-24-7-17(18(12)13-2-3-13)26-22(30)19-20(23)27-29-9-14-8-28(15-10-31-11-15)5-4-16(14)25-21(19)29;22-19-18(21(29)25-17-7-23-5-3-15(17)12-1-2-12)20-24-16-4-6-27(14-10-30-11-14)8-13(16)9-28(20)26-19;1-11-2-4-21-6-15(11)23-19(27)16-17(20)24-26-8-12-7-25(13-9-28-10-13)5-3-14(12)22-18(16)26/h1-6,8,10,12,17H,7,9,11,13-14H2,(H2,25,29)(H,28,32);6-7,9,13,15H,2-5,8,10-11H2,1H3,(H2,23,27)(H,26,30);3,5,7,9,12,14H,1-2,4,6,8,10-11H2,(H2,22,26)(H,25,29);2,4,6,8,13H,3,5,7,9-10H2,1H3,(H2,20,24)(H,23,27). The molecule has 0 bridgehead atoms. The molecular formula is C86H92N28O8. The van der Waals surface area contributed by atoms with Gasteiger partial charge in [-0.3, -0.25) is 58.7 Å². The van der Waals surface area contributed by atoms with Crippen LogP contribution in [0.1, 0.15) is 146 Å². The molecule has 36 nitrogen and oxygen atoms in total. The summed E-state index contributed by atoms with van der Waals surface area (Å²) in [6.07, 6.45) is 29.3. The Balaban J connectivity index is 0.000000104. The molecule has 20 heterocycles. The van der Waals surface area contributed by atoms with Gasteiger partial charge in [-0.1, -0.05) is 30.3 Å². The van der Waals surface area contributed by atoms with Crippen LogP contribution in [0.25, 0.3) is 33.7 Å². The van der Waals surface area contributed by atoms with Gasteiger partial charge in [0.05, 0.1) is 147 Å². The second kappa shape index (κ2) is 32.6. The number of nitrogens with two attached hydrogens (primary N) is 4. The number of pyridine rings is 4. The van der Waals surface area contributed by atoms with E-state index in [1.165, 1.54) is 5.56 Å². The van der Waals surface area contributed by atoms with Crippen molar-refractivity contribution in [3.8, 4) is 11.1 Å². The molecule has 4 saturated heterocycles. The second-order valence-electron chi connectivity index (χ2n) is 32.8. The Morgan fingerprint density at radius 2 is 0.721 bits per heavy atom. The van der Waals surface area contributed by atoms with Gasteiger partial charge in [0.25, 0.3) is 23.6 Å². The maximum absolute atomic E-state index is 13.3.